The second kappa shape index (κ2) is 11.1. The maximum Gasteiger partial charge on any atom is 0.106 e. The summed E-state index contributed by atoms with van der Waals surface area (Å²) in [6.45, 7) is 6.87. The second-order valence-electron chi connectivity index (χ2n) is 12.9. The van der Waals surface area contributed by atoms with Gasteiger partial charge in [0.1, 0.15) is 5.66 Å². The zero-order valence-corrected chi connectivity index (χ0v) is 26.9. The van der Waals surface area contributed by atoms with E-state index in [2.05, 4.69) is 170 Å². The van der Waals surface area contributed by atoms with Crippen molar-refractivity contribution in [2.45, 2.75) is 38.2 Å². The van der Waals surface area contributed by atoms with Gasteiger partial charge in [-0.15, -0.1) is 0 Å². The van der Waals surface area contributed by atoms with Crippen LogP contribution < -0.4 is 20.7 Å². The minimum atomic E-state index is -0.179. The van der Waals surface area contributed by atoms with Crippen LogP contribution in [0.15, 0.2) is 121 Å². The van der Waals surface area contributed by atoms with Gasteiger partial charge in [0.15, 0.2) is 0 Å². The van der Waals surface area contributed by atoms with Crippen LogP contribution in [-0.2, 0) is 0 Å². The molecule has 0 spiro atoms. The minimum Gasteiger partial charge on any atom is -0.361 e. The van der Waals surface area contributed by atoms with Crippen molar-refractivity contribution in [3.63, 3.8) is 0 Å². The lowest BCUT2D eigenvalue weighted by molar-refractivity contribution is 0.550. The fourth-order valence-corrected chi connectivity index (χ4v) is 8.49. The predicted molar refractivity (Wildman–Crippen MR) is 200 cm³/mol. The number of fused-ring (bicyclic) bond motifs is 3. The van der Waals surface area contributed by atoms with E-state index in [0.29, 0.717) is 5.92 Å². The van der Waals surface area contributed by atoms with E-state index in [9.17, 15) is 0 Å². The second-order valence-corrected chi connectivity index (χ2v) is 14.0. The molecule has 45 heavy (non-hydrogen) atoms. The van der Waals surface area contributed by atoms with Crippen molar-refractivity contribution in [2.75, 3.05) is 10.2 Å². The van der Waals surface area contributed by atoms with E-state index in [1.807, 2.05) is 0 Å². The topological polar surface area (TPSA) is 15.3 Å². The van der Waals surface area contributed by atoms with Crippen molar-refractivity contribution >= 4 is 51.0 Å². The molecule has 0 saturated heterocycles. The number of nitrogens with one attached hydrogen (secondary N) is 1. The van der Waals surface area contributed by atoms with Gasteiger partial charge in [-0.05, 0) is 98.3 Å². The number of rotatable bonds is 4. The van der Waals surface area contributed by atoms with E-state index in [-0.39, 0.29) is 11.0 Å². The number of benzene rings is 5. The van der Waals surface area contributed by atoms with Crippen molar-refractivity contribution in [3.8, 4) is 33.4 Å². The molecule has 0 radical (unpaired) electrons. The summed E-state index contributed by atoms with van der Waals surface area (Å²) in [4.78, 5) is 2.53. The summed E-state index contributed by atoms with van der Waals surface area (Å²) in [5, 5.41) is 11.6. The summed E-state index contributed by atoms with van der Waals surface area (Å²) in [5.74, 6) is 0.503. The monoisotopic (exact) mass is 602 g/mol. The number of anilines is 2. The Morgan fingerprint density at radius 1 is 0.711 bits per heavy atom. The summed E-state index contributed by atoms with van der Waals surface area (Å²) in [5.41, 5.74) is 9.97. The lowest BCUT2D eigenvalue weighted by Gasteiger charge is -2.37. The van der Waals surface area contributed by atoms with E-state index in [1.165, 1.54) is 77.3 Å². The number of allylic oxidation sites excluding steroid dienone is 3. The van der Waals surface area contributed by atoms with E-state index in [4.69, 9.17) is 0 Å². The fraction of sp³-hybridized carbons (Fsp3) is 0.167. The largest absolute Gasteiger partial charge is 0.361 e. The SMILES string of the molecule is CC1C=c2c(-c3ccc(-c4ccc5c(c4)N(C4C=CC=CC=[SH]4)C(C)(C)N5)cc3)c3ccccc3c(-c3ccccc3)c2=CC1. The van der Waals surface area contributed by atoms with Gasteiger partial charge in [-0.25, -0.2) is 0 Å². The quantitative estimate of drug-likeness (QED) is 0.158. The fourth-order valence-electron chi connectivity index (χ4n) is 7.37. The van der Waals surface area contributed by atoms with Gasteiger partial charge in [-0.1, -0.05) is 128 Å². The summed E-state index contributed by atoms with van der Waals surface area (Å²) in [6.07, 6.45) is 14.8. The highest BCUT2D eigenvalue weighted by atomic mass is 32.1. The zero-order valence-electron chi connectivity index (χ0n) is 26.0. The van der Waals surface area contributed by atoms with Gasteiger partial charge >= 0.3 is 0 Å². The molecular formula is C42H38N2S. The Balaban J connectivity index is 1.25. The van der Waals surface area contributed by atoms with E-state index in [0.717, 1.165) is 6.42 Å². The molecule has 0 aromatic heterocycles. The molecule has 0 amide bonds. The van der Waals surface area contributed by atoms with Crippen LogP contribution >= 0.6 is 11.4 Å². The van der Waals surface area contributed by atoms with Crippen LogP contribution in [-0.4, -0.2) is 16.4 Å². The lowest BCUT2D eigenvalue weighted by Crippen LogP contribution is -2.49. The van der Waals surface area contributed by atoms with Crippen LogP contribution in [0.1, 0.15) is 27.2 Å². The van der Waals surface area contributed by atoms with Crippen molar-refractivity contribution in [2.24, 2.45) is 5.92 Å². The van der Waals surface area contributed by atoms with Crippen LogP contribution in [0.2, 0.25) is 0 Å². The van der Waals surface area contributed by atoms with Gasteiger partial charge in [-0.2, -0.15) is 11.4 Å². The van der Waals surface area contributed by atoms with E-state index < -0.39 is 0 Å². The molecule has 1 N–H and O–H groups in total. The average Bonchev–Trinajstić information content (AvgIpc) is 3.17. The van der Waals surface area contributed by atoms with Crippen molar-refractivity contribution in [1.82, 2.24) is 0 Å². The normalized spacial score (nSPS) is 19.5. The lowest BCUT2D eigenvalue weighted by atomic mass is 9.84. The van der Waals surface area contributed by atoms with Gasteiger partial charge in [0.2, 0.25) is 0 Å². The van der Waals surface area contributed by atoms with E-state index in [1.54, 1.807) is 0 Å². The summed E-state index contributed by atoms with van der Waals surface area (Å²) in [6, 6.07) is 36.0. The van der Waals surface area contributed by atoms with Crippen LogP contribution in [0.5, 0.6) is 0 Å². The molecular weight excluding hydrogens is 565 g/mol. The van der Waals surface area contributed by atoms with Gasteiger partial charge in [0.05, 0.1) is 16.7 Å². The molecule has 2 nitrogen and oxygen atoms in total. The standard InChI is InChI=1S/C42H38N2S/c1-28-17-23-35-36(26-28)41(34-15-10-9-14-33(34)40(35)30-12-6-4-7-13-30)31-20-18-29(19-21-31)32-22-24-37-38(27-32)44(42(2,3)43-37)39-16-8-5-11-25-45-39/h4-16,18-28,39,43,45H,17H2,1-3H3. The van der Waals surface area contributed by atoms with Crippen molar-refractivity contribution < 1.29 is 0 Å². The van der Waals surface area contributed by atoms with E-state index >= 15 is 0 Å². The highest BCUT2D eigenvalue weighted by Gasteiger charge is 2.38. The molecule has 5 aromatic carbocycles. The molecule has 0 bridgehead atoms. The van der Waals surface area contributed by atoms with Crippen molar-refractivity contribution in [3.05, 3.63) is 132 Å². The maximum atomic E-state index is 3.76. The molecule has 222 valence electrons. The third-order valence-electron chi connectivity index (χ3n) is 9.40. The van der Waals surface area contributed by atoms with Crippen LogP contribution in [0.4, 0.5) is 11.4 Å². The molecule has 3 aliphatic rings. The van der Waals surface area contributed by atoms with Crippen LogP contribution in [0.25, 0.3) is 56.3 Å². The van der Waals surface area contributed by atoms with Gasteiger partial charge in [0, 0.05) is 0 Å². The smallest absolute Gasteiger partial charge is 0.106 e. The molecule has 0 fully saturated rings. The van der Waals surface area contributed by atoms with Gasteiger partial charge < -0.3 is 10.2 Å². The maximum absolute atomic E-state index is 3.76. The Morgan fingerprint density at radius 2 is 1.38 bits per heavy atom. The predicted octanol–water partition coefficient (Wildman–Crippen LogP) is 9.13. The number of hydrogen-bond acceptors (Lipinski definition) is 2. The number of thiol groups is 1. The highest BCUT2D eigenvalue weighted by Crippen LogP contribution is 2.45. The Bertz CT molecular complexity index is 2140. The van der Waals surface area contributed by atoms with Crippen molar-refractivity contribution in [1.29, 1.82) is 0 Å². The number of nitrogens with zero attached hydrogens (tertiary/aromatic N) is 1. The molecule has 8 rings (SSSR count). The first-order chi connectivity index (χ1) is 22.0. The number of hydrogen-bond donors (Lipinski definition) is 2. The van der Waals surface area contributed by atoms with Crippen LogP contribution in [0.3, 0.4) is 0 Å². The molecule has 3 heteroatoms. The Morgan fingerprint density at radius 3 is 2.16 bits per heavy atom. The molecule has 1 aliphatic carbocycles. The first-order valence-corrected chi connectivity index (χ1v) is 17.0. The molecule has 2 atom stereocenters. The third-order valence-corrected chi connectivity index (χ3v) is 10.5. The van der Waals surface area contributed by atoms with Gasteiger partial charge in [-0.3, -0.25) is 0 Å². The van der Waals surface area contributed by atoms with Gasteiger partial charge in [0.25, 0.3) is 0 Å². The highest BCUT2D eigenvalue weighted by molar-refractivity contribution is 7.98. The average molecular weight is 603 g/mol. The molecule has 5 aromatic rings. The third kappa shape index (κ3) is 4.87. The minimum absolute atomic E-state index is 0.179. The molecule has 2 aliphatic heterocycles. The van der Waals surface area contributed by atoms with Crippen LogP contribution in [0, 0.1) is 5.92 Å². The summed E-state index contributed by atoms with van der Waals surface area (Å²) >= 11 is 1.27. The molecule has 2 unspecified atom stereocenters. The first-order valence-electron chi connectivity index (χ1n) is 16.0. The zero-order chi connectivity index (χ0) is 30.5. The Labute approximate surface area is 269 Å². The summed E-state index contributed by atoms with van der Waals surface area (Å²) in [7, 11) is 0. The summed E-state index contributed by atoms with van der Waals surface area (Å²) < 4.78 is 0. The first kappa shape index (κ1) is 27.9. The molecule has 0 saturated carbocycles. The molecule has 2 heterocycles. The Hall–Kier alpha value is -4.60. The Kier molecular flexibility index (Phi) is 6.88.